The molecular weight excluding hydrogens is 679 g/mol. The first-order chi connectivity index (χ1) is 27.8. The molecule has 0 spiro atoms. The number of anilines is 3. The van der Waals surface area contributed by atoms with Crippen LogP contribution in [0.3, 0.4) is 0 Å². The van der Waals surface area contributed by atoms with Gasteiger partial charge in [0.1, 0.15) is 11.2 Å². The van der Waals surface area contributed by atoms with Crippen LogP contribution in [0.2, 0.25) is 0 Å². The molecule has 0 unspecified atom stereocenters. The van der Waals surface area contributed by atoms with Gasteiger partial charge in [-0.2, -0.15) is 0 Å². The Labute approximate surface area is 325 Å². The van der Waals surface area contributed by atoms with Gasteiger partial charge in [0.15, 0.2) is 0 Å². The second kappa shape index (κ2) is 13.2. The molecule has 0 saturated carbocycles. The van der Waals surface area contributed by atoms with Gasteiger partial charge in [0.05, 0.1) is 11.4 Å². The standard InChI is InChI=1S/C54H35NO/c1-2-14-36(15-3-1)44-20-10-12-24-51(44)55(42-29-26-37(27-30-42)48-33-40-18-6-7-19-43(40)46-22-8-9-23-47(46)48)52-25-13-11-21-45(52)41-28-31-53-49(34-41)50-32-38-16-4-5-17-39(38)35-54(50)56-53/h1-35H. The highest BCUT2D eigenvalue weighted by Gasteiger charge is 2.21. The van der Waals surface area contributed by atoms with Gasteiger partial charge in [0.25, 0.3) is 0 Å². The zero-order valence-electron chi connectivity index (χ0n) is 30.6. The average Bonchev–Trinajstić information content (AvgIpc) is 3.63. The summed E-state index contributed by atoms with van der Waals surface area (Å²) in [6.45, 7) is 0. The number of hydrogen-bond donors (Lipinski definition) is 0. The van der Waals surface area contributed by atoms with Crippen LogP contribution in [0, 0.1) is 0 Å². The molecule has 10 aromatic carbocycles. The lowest BCUT2D eigenvalue weighted by Gasteiger charge is -2.30. The van der Waals surface area contributed by atoms with Crippen molar-refractivity contribution in [3.63, 3.8) is 0 Å². The van der Waals surface area contributed by atoms with Gasteiger partial charge in [0.2, 0.25) is 0 Å². The van der Waals surface area contributed by atoms with Crippen molar-refractivity contribution in [3.8, 4) is 33.4 Å². The fraction of sp³-hybridized carbons (Fsp3) is 0. The predicted molar refractivity (Wildman–Crippen MR) is 237 cm³/mol. The van der Waals surface area contributed by atoms with Crippen molar-refractivity contribution >= 4 is 71.3 Å². The fourth-order valence-corrected chi connectivity index (χ4v) is 8.56. The number of rotatable bonds is 6. The van der Waals surface area contributed by atoms with E-state index >= 15 is 0 Å². The highest BCUT2D eigenvalue weighted by Crippen LogP contribution is 2.46. The Kier molecular flexibility index (Phi) is 7.53. The molecule has 0 aliphatic rings. The second-order valence-electron chi connectivity index (χ2n) is 14.5. The maximum atomic E-state index is 6.42. The summed E-state index contributed by atoms with van der Waals surface area (Å²) in [5, 5.41) is 9.67. The summed E-state index contributed by atoms with van der Waals surface area (Å²) >= 11 is 0. The number of furan rings is 1. The zero-order chi connectivity index (χ0) is 37.0. The summed E-state index contributed by atoms with van der Waals surface area (Å²) in [6, 6.07) is 76.6. The maximum Gasteiger partial charge on any atom is 0.136 e. The van der Waals surface area contributed by atoms with E-state index in [-0.39, 0.29) is 0 Å². The van der Waals surface area contributed by atoms with Crippen LogP contribution in [-0.2, 0) is 0 Å². The van der Waals surface area contributed by atoms with Crippen LogP contribution in [0.4, 0.5) is 17.1 Å². The number of nitrogens with zero attached hydrogens (tertiary/aromatic N) is 1. The Hall–Kier alpha value is -7.42. The topological polar surface area (TPSA) is 16.4 Å². The van der Waals surface area contributed by atoms with Crippen molar-refractivity contribution in [2.24, 2.45) is 0 Å². The molecule has 262 valence electrons. The Balaban J connectivity index is 1.10. The molecule has 11 aromatic rings. The zero-order valence-corrected chi connectivity index (χ0v) is 30.6. The molecule has 11 rings (SSSR count). The van der Waals surface area contributed by atoms with Crippen LogP contribution < -0.4 is 4.90 Å². The third kappa shape index (κ3) is 5.34. The molecule has 56 heavy (non-hydrogen) atoms. The monoisotopic (exact) mass is 713 g/mol. The molecule has 2 nitrogen and oxygen atoms in total. The summed E-state index contributed by atoms with van der Waals surface area (Å²) in [7, 11) is 0. The van der Waals surface area contributed by atoms with Crippen molar-refractivity contribution in [2.45, 2.75) is 0 Å². The van der Waals surface area contributed by atoms with E-state index in [1.165, 1.54) is 49.0 Å². The summed E-state index contributed by atoms with van der Waals surface area (Å²) in [6.07, 6.45) is 0. The van der Waals surface area contributed by atoms with Gasteiger partial charge >= 0.3 is 0 Å². The minimum atomic E-state index is 0.889. The van der Waals surface area contributed by atoms with Gasteiger partial charge in [-0.15, -0.1) is 0 Å². The van der Waals surface area contributed by atoms with Crippen LogP contribution in [0.15, 0.2) is 217 Å². The lowest BCUT2D eigenvalue weighted by molar-refractivity contribution is 0.669. The number of hydrogen-bond acceptors (Lipinski definition) is 2. The van der Waals surface area contributed by atoms with Crippen LogP contribution in [0.25, 0.3) is 87.6 Å². The van der Waals surface area contributed by atoms with Gasteiger partial charge in [-0.25, -0.2) is 0 Å². The molecule has 0 aliphatic heterocycles. The highest BCUT2D eigenvalue weighted by molar-refractivity contribution is 6.14. The summed E-state index contributed by atoms with van der Waals surface area (Å²) in [4.78, 5) is 2.42. The number of para-hydroxylation sites is 2. The molecule has 0 saturated heterocycles. The summed E-state index contributed by atoms with van der Waals surface area (Å²) < 4.78 is 6.42. The fourth-order valence-electron chi connectivity index (χ4n) is 8.56. The van der Waals surface area contributed by atoms with E-state index in [4.69, 9.17) is 4.42 Å². The second-order valence-corrected chi connectivity index (χ2v) is 14.5. The Morgan fingerprint density at radius 3 is 1.57 bits per heavy atom. The smallest absolute Gasteiger partial charge is 0.136 e. The first-order valence-corrected chi connectivity index (χ1v) is 19.2. The van der Waals surface area contributed by atoms with Crippen molar-refractivity contribution in [3.05, 3.63) is 212 Å². The molecule has 0 amide bonds. The Morgan fingerprint density at radius 2 is 0.821 bits per heavy atom. The third-order valence-corrected chi connectivity index (χ3v) is 11.2. The average molecular weight is 714 g/mol. The van der Waals surface area contributed by atoms with Gasteiger partial charge in [-0.05, 0) is 109 Å². The number of benzene rings is 10. The van der Waals surface area contributed by atoms with Crippen LogP contribution in [0.1, 0.15) is 0 Å². The van der Waals surface area contributed by atoms with Crippen LogP contribution >= 0.6 is 0 Å². The summed E-state index contributed by atoms with van der Waals surface area (Å²) in [5.74, 6) is 0. The van der Waals surface area contributed by atoms with Crippen LogP contribution in [-0.4, -0.2) is 0 Å². The van der Waals surface area contributed by atoms with Crippen molar-refractivity contribution in [1.29, 1.82) is 0 Å². The molecule has 0 aliphatic carbocycles. The Bertz CT molecular complexity index is 3250. The molecule has 2 heteroatoms. The molecule has 1 aromatic heterocycles. The van der Waals surface area contributed by atoms with E-state index in [9.17, 15) is 0 Å². The first kappa shape index (κ1) is 32.0. The third-order valence-electron chi connectivity index (χ3n) is 11.2. The van der Waals surface area contributed by atoms with E-state index < -0.39 is 0 Å². The highest BCUT2D eigenvalue weighted by atomic mass is 16.3. The van der Waals surface area contributed by atoms with Gasteiger partial charge in [-0.3, -0.25) is 0 Å². The number of fused-ring (bicyclic) bond motifs is 7. The molecule has 0 fully saturated rings. The molecule has 0 radical (unpaired) electrons. The Morgan fingerprint density at radius 1 is 0.286 bits per heavy atom. The molecular formula is C54H35NO. The lowest BCUT2D eigenvalue weighted by atomic mass is 9.93. The van der Waals surface area contributed by atoms with Gasteiger partial charge in [-0.1, -0.05) is 158 Å². The van der Waals surface area contributed by atoms with Crippen molar-refractivity contribution < 1.29 is 4.42 Å². The molecule has 0 N–H and O–H groups in total. The largest absolute Gasteiger partial charge is 0.456 e. The van der Waals surface area contributed by atoms with Gasteiger partial charge in [0, 0.05) is 27.6 Å². The van der Waals surface area contributed by atoms with E-state index in [1.807, 2.05) is 0 Å². The van der Waals surface area contributed by atoms with E-state index in [0.717, 1.165) is 55.7 Å². The molecule has 1 heterocycles. The normalized spacial score (nSPS) is 11.6. The maximum absolute atomic E-state index is 6.42. The summed E-state index contributed by atoms with van der Waals surface area (Å²) in [5.41, 5.74) is 12.1. The SMILES string of the molecule is c1ccc(-c2ccccc2N(c2ccc(-c3cc4ccccc4c4ccccc34)cc2)c2ccccc2-c2ccc3oc4cc5ccccc5cc4c3c2)cc1. The minimum Gasteiger partial charge on any atom is -0.456 e. The quantitative estimate of drug-likeness (QED) is 0.160. The van der Waals surface area contributed by atoms with E-state index in [2.05, 4.69) is 217 Å². The molecule has 0 atom stereocenters. The van der Waals surface area contributed by atoms with Crippen molar-refractivity contribution in [2.75, 3.05) is 4.90 Å². The first-order valence-electron chi connectivity index (χ1n) is 19.2. The van der Waals surface area contributed by atoms with Crippen LogP contribution in [0.5, 0.6) is 0 Å². The predicted octanol–water partition coefficient (Wildman–Crippen LogP) is 15.5. The van der Waals surface area contributed by atoms with Gasteiger partial charge < -0.3 is 9.32 Å². The lowest BCUT2D eigenvalue weighted by Crippen LogP contribution is -2.12. The van der Waals surface area contributed by atoms with Crippen molar-refractivity contribution in [1.82, 2.24) is 0 Å². The van der Waals surface area contributed by atoms with E-state index in [1.54, 1.807) is 0 Å². The molecule has 0 bridgehead atoms. The minimum absolute atomic E-state index is 0.889. The van der Waals surface area contributed by atoms with E-state index in [0.29, 0.717) is 0 Å².